The molecule has 0 saturated carbocycles. The Morgan fingerprint density at radius 2 is 1.81 bits per heavy atom. The van der Waals surface area contributed by atoms with Gasteiger partial charge in [0.05, 0.1) is 17.9 Å². The zero-order valence-electron chi connectivity index (χ0n) is 16.8. The van der Waals surface area contributed by atoms with Gasteiger partial charge in [-0.05, 0) is 44.9 Å². The molecule has 7 nitrogen and oxygen atoms in total. The third-order valence-electron chi connectivity index (χ3n) is 4.59. The van der Waals surface area contributed by atoms with Crippen LogP contribution in [0, 0.1) is 13.8 Å². The first-order valence-electron chi connectivity index (χ1n) is 8.94. The van der Waals surface area contributed by atoms with Crippen LogP contribution in [0.2, 0.25) is 0 Å². The normalized spacial score (nSPS) is 13.0. The molecule has 0 spiro atoms. The van der Waals surface area contributed by atoms with Crippen molar-refractivity contribution < 1.29 is 13.2 Å². The van der Waals surface area contributed by atoms with Crippen LogP contribution in [0.25, 0.3) is 0 Å². The Bertz CT molecular complexity index is 915. The minimum atomic E-state index is -3.54. The second kappa shape index (κ2) is 8.22. The summed E-state index contributed by atoms with van der Waals surface area (Å²) in [5, 5.41) is 7.33. The van der Waals surface area contributed by atoms with Crippen molar-refractivity contribution in [3.8, 4) is 0 Å². The van der Waals surface area contributed by atoms with Crippen LogP contribution < -0.4 is 5.32 Å². The van der Waals surface area contributed by atoms with E-state index < -0.39 is 10.0 Å². The molecule has 1 N–H and O–H groups in total. The molecule has 0 aliphatic rings. The molecule has 0 radical (unpaired) electrons. The lowest BCUT2D eigenvalue weighted by Gasteiger charge is -2.12. The summed E-state index contributed by atoms with van der Waals surface area (Å²) in [6, 6.07) is 7.40. The first-order valence-corrected chi connectivity index (χ1v) is 10.4. The molecule has 0 saturated heterocycles. The summed E-state index contributed by atoms with van der Waals surface area (Å²) in [5.74, 6) is -0.0959. The van der Waals surface area contributed by atoms with Gasteiger partial charge in [-0.15, -0.1) is 0 Å². The highest BCUT2D eigenvalue weighted by atomic mass is 32.2. The van der Waals surface area contributed by atoms with Gasteiger partial charge in [0.1, 0.15) is 4.90 Å². The van der Waals surface area contributed by atoms with Crippen LogP contribution in [0.5, 0.6) is 0 Å². The summed E-state index contributed by atoms with van der Waals surface area (Å²) >= 11 is 0. The second-order valence-electron chi connectivity index (χ2n) is 6.92. The first-order chi connectivity index (χ1) is 12.6. The number of hydrogen-bond donors (Lipinski definition) is 1. The molecule has 0 bridgehead atoms. The maximum absolute atomic E-state index is 12.5. The van der Waals surface area contributed by atoms with Gasteiger partial charge in [0, 0.05) is 25.7 Å². The molecule has 1 amide bonds. The van der Waals surface area contributed by atoms with E-state index in [4.69, 9.17) is 0 Å². The van der Waals surface area contributed by atoms with Crippen LogP contribution in [0.4, 0.5) is 0 Å². The number of sulfonamides is 1. The molecule has 27 heavy (non-hydrogen) atoms. The zero-order valence-corrected chi connectivity index (χ0v) is 17.6. The number of aromatic nitrogens is 2. The summed E-state index contributed by atoms with van der Waals surface area (Å²) in [6.07, 6.45) is 0.875. The van der Waals surface area contributed by atoms with Gasteiger partial charge in [-0.25, -0.2) is 12.7 Å². The van der Waals surface area contributed by atoms with E-state index in [-0.39, 0.29) is 16.8 Å². The quantitative estimate of drug-likeness (QED) is 0.784. The van der Waals surface area contributed by atoms with Crippen molar-refractivity contribution in [2.75, 3.05) is 14.1 Å². The average Bonchev–Trinajstić information content (AvgIpc) is 2.89. The molecule has 1 heterocycles. The monoisotopic (exact) mass is 392 g/mol. The number of rotatable bonds is 7. The smallest absolute Gasteiger partial charge is 0.251 e. The van der Waals surface area contributed by atoms with E-state index in [1.807, 2.05) is 26.0 Å². The van der Waals surface area contributed by atoms with Crippen LogP contribution in [0.15, 0.2) is 29.2 Å². The predicted molar refractivity (Wildman–Crippen MR) is 105 cm³/mol. The van der Waals surface area contributed by atoms with Crippen LogP contribution in [-0.2, 0) is 16.6 Å². The topological polar surface area (TPSA) is 84.3 Å². The van der Waals surface area contributed by atoms with Crippen molar-refractivity contribution in [1.29, 1.82) is 0 Å². The fourth-order valence-electron chi connectivity index (χ4n) is 2.73. The fourth-order valence-corrected chi connectivity index (χ4v) is 3.99. The second-order valence-corrected chi connectivity index (χ2v) is 9.01. The van der Waals surface area contributed by atoms with Crippen molar-refractivity contribution in [3.63, 3.8) is 0 Å². The third-order valence-corrected chi connectivity index (χ3v) is 6.66. The number of carbonyl (C=O) groups excluding carboxylic acids is 1. The van der Waals surface area contributed by atoms with Gasteiger partial charge in [-0.1, -0.05) is 19.1 Å². The maximum atomic E-state index is 12.5. The Kier molecular flexibility index (Phi) is 6.43. The number of aryl methyl sites for hydroxylation is 1. The van der Waals surface area contributed by atoms with Gasteiger partial charge >= 0.3 is 0 Å². The number of carbonyl (C=O) groups is 1. The minimum Gasteiger partial charge on any atom is -0.350 e. The summed E-state index contributed by atoms with van der Waals surface area (Å²) < 4.78 is 27.9. The first kappa shape index (κ1) is 21.1. The molecule has 0 fully saturated rings. The largest absolute Gasteiger partial charge is 0.350 e. The van der Waals surface area contributed by atoms with E-state index in [0.29, 0.717) is 23.5 Å². The lowest BCUT2D eigenvalue weighted by atomic mass is 10.1. The highest BCUT2D eigenvalue weighted by Crippen LogP contribution is 2.22. The Labute approximate surface area is 161 Å². The Hall–Kier alpha value is -2.19. The average molecular weight is 393 g/mol. The molecule has 1 aromatic carbocycles. The Morgan fingerprint density at radius 3 is 2.33 bits per heavy atom. The molecule has 8 heteroatoms. The van der Waals surface area contributed by atoms with Crippen molar-refractivity contribution >= 4 is 15.9 Å². The molecule has 148 valence electrons. The molecule has 0 aliphatic carbocycles. The van der Waals surface area contributed by atoms with Crippen molar-refractivity contribution in [2.24, 2.45) is 0 Å². The minimum absolute atomic E-state index is 0.0959. The molecule has 1 unspecified atom stereocenters. The van der Waals surface area contributed by atoms with E-state index in [0.717, 1.165) is 12.0 Å². The SMILES string of the molecule is CCC(C)NC(=O)c1ccc(Cn2nc(C)c(S(=O)(=O)N(C)C)c2C)cc1. The van der Waals surface area contributed by atoms with Gasteiger partial charge in [0.15, 0.2) is 0 Å². The van der Waals surface area contributed by atoms with Crippen molar-refractivity contribution in [1.82, 2.24) is 19.4 Å². The molecule has 1 atom stereocenters. The van der Waals surface area contributed by atoms with Crippen LogP contribution in [-0.4, -0.2) is 48.5 Å². The molecular weight excluding hydrogens is 364 g/mol. The van der Waals surface area contributed by atoms with Gasteiger partial charge in [-0.3, -0.25) is 9.48 Å². The Morgan fingerprint density at radius 1 is 1.22 bits per heavy atom. The van der Waals surface area contributed by atoms with E-state index >= 15 is 0 Å². The molecule has 1 aromatic heterocycles. The number of benzene rings is 1. The van der Waals surface area contributed by atoms with E-state index in [1.165, 1.54) is 18.4 Å². The van der Waals surface area contributed by atoms with Crippen LogP contribution in [0.3, 0.4) is 0 Å². The third kappa shape index (κ3) is 4.56. The lowest BCUT2D eigenvalue weighted by molar-refractivity contribution is 0.0939. The number of nitrogens with zero attached hydrogens (tertiary/aromatic N) is 3. The molecule has 2 rings (SSSR count). The van der Waals surface area contributed by atoms with E-state index in [2.05, 4.69) is 10.4 Å². The zero-order chi connectivity index (χ0) is 20.4. The summed E-state index contributed by atoms with van der Waals surface area (Å²) in [4.78, 5) is 12.4. The number of amides is 1. The summed E-state index contributed by atoms with van der Waals surface area (Å²) in [7, 11) is -0.527. The summed E-state index contributed by atoms with van der Waals surface area (Å²) in [5.41, 5.74) is 2.61. The Balaban J connectivity index is 2.23. The van der Waals surface area contributed by atoms with Gasteiger partial charge in [0.25, 0.3) is 5.91 Å². The number of hydrogen-bond acceptors (Lipinski definition) is 4. The van der Waals surface area contributed by atoms with E-state index in [9.17, 15) is 13.2 Å². The van der Waals surface area contributed by atoms with Crippen molar-refractivity contribution in [2.45, 2.75) is 51.6 Å². The lowest BCUT2D eigenvalue weighted by Crippen LogP contribution is -2.31. The standard InChI is InChI=1S/C19H28N4O3S/c1-7-13(2)20-19(24)17-10-8-16(9-11-17)12-23-15(4)18(14(3)21-23)27(25,26)22(5)6/h8-11,13H,7,12H2,1-6H3,(H,20,24). The highest BCUT2D eigenvalue weighted by Gasteiger charge is 2.26. The van der Waals surface area contributed by atoms with E-state index in [1.54, 1.807) is 30.7 Å². The van der Waals surface area contributed by atoms with Crippen LogP contribution >= 0.6 is 0 Å². The summed E-state index contributed by atoms with van der Waals surface area (Å²) in [6.45, 7) is 7.87. The molecule has 2 aromatic rings. The fraction of sp³-hybridized carbons (Fsp3) is 0.474. The molecular formula is C19H28N4O3S. The molecule has 0 aliphatic heterocycles. The van der Waals surface area contributed by atoms with Crippen molar-refractivity contribution in [3.05, 3.63) is 46.8 Å². The number of nitrogens with one attached hydrogen (secondary N) is 1. The van der Waals surface area contributed by atoms with Crippen LogP contribution in [0.1, 0.15) is 47.6 Å². The highest BCUT2D eigenvalue weighted by molar-refractivity contribution is 7.89. The predicted octanol–water partition coefficient (Wildman–Crippen LogP) is 2.33. The van der Waals surface area contributed by atoms with Gasteiger partial charge < -0.3 is 5.32 Å². The maximum Gasteiger partial charge on any atom is 0.251 e. The van der Waals surface area contributed by atoms with Gasteiger partial charge in [-0.2, -0.15) is 5.10 Å². The van der Waals surface area contributed by atoms with Gasteiger partial charge in [0.2, 0.25) is 10.0 Å².